The lowest BCUT2D eigenvalue weighted by molar-refractivity contribution is -0.869. The van der Waals surface area contributed by atoms with Gasteiger partial charge in [0.2, 0.25) is 0 Å². The average molecular weight is 213 g/mol. The first-order chi connectivity index (χ1) is 6.99. The molecule has 0 aromatic carbocycles. The highest BCUT2D eigenvalue weighted by atomic mass is 15.3. The number of likely N-dealkylation sites (N-methyl/N-ethyl adjacent to an activating group) is 1. The summed E-state index contributed by atoms with van der Waals surface area (Å²) in [6.45, 7) is 10.7. The molecule has 0 saturated carbocycles. The fourth-order valence-electron chi connectivity index (χ4n) is 1.50. The summed E-state index contributed by atoms with van der Waals surface area (Å²) in [5.74, 6) is 0. The van der Waals surface area contributed by atoms with Gasteiger partial charge in [0.25, 0.3) is 0 Å². The molecule has 0 heterocycles. The molecule has 0 N–H and O–H groups in total. The van der Waals surface area contributed by atoms with Gasteiger partial charge in [-0.05, 0) is 13.0 Å². The summed E-state index contributed by atoms with van der Waals surface area (Å²) < 4.78 is 1.04. The van der Waals surface area contributed by atoms with Gasteiger partial charge < -0.3 is 4.48 Å². The number of rotatable bonds is 9. The Kier molecular flexibility index (Phi) is 7.71. The number of hydrogen-bond donors (Lipinski definition) is 0. The van der Waals surface area contributed by atoms with Crippen LogP contribution >= 0.6 is 0 Å². The number of nitrogens with zero attached hydrogens (tertiary/aromatic N) is 2. The third-order valence-electron chi connectivity index (χ3n) is 2.55. The molecule has 0 aliphatic rings. The van der Waals surface area contributed by atoms with E-state index in [0.29, 0.717) is 0 Å². The Bertz CT molecular complexity index is 158. The van der Waals surface area contributed by atoms with Crippen LogP contribution in [-0.2, 0) is 0 Å². The minimum atomic E-state index is 1.03. The monoisotopic (exact) mass is 213 g/mol. The van der Waals surface area contributed by atoms with Crippen molar-refractivity contribution in [1.29, 1.82) is 0 Å². The maximum absolute atomic E-state index is 3.83. The first-order valence-electron chi connectivity index (χ1n) is 6.13. The summed E-state index contributed by atoms with van der Waals surface area (Å²) in [5.41, 5.74) is 0. The van der Waals surface area contributed by atoms with E-state index < -0.39 is 0 Å². The van der Waals surface area contributed by atoms with Crippen LogP contribution in [0.1, 0.15) is 26.2 Å². The Labute approximate surface area is 96.2 Å². The van der Waals surface area contributed by atoms with E-state index in [9.17, 15) is 0 Å². The molecule has 0 rings (SSSR count). The lowest BCUT2D eigenvalue weighted by Gasteiger charge is -2.28. The summed E-state index contributed by atoms with van der Waals surface area (Å²) in [7, 11) is 6.74. The summed E-state index contributed by atoms with van der Waals surface area (Å²) in [6, 6.07) is 0. The smallest absolute Gasteiger partial charge is 0.0909 e. The fraction of sp³-hybridized carbons (Fsp3) is 0.846. The lowest BCUT2D eigenvalue weighted by Crippen LogP contribution is -2.42. The van der Waals surface area contributed by atoms with E-state index in [4.69, 9.17) is 0 Å². The molecule has 0 saturated heterocycles. The average Bonchev–Trinajstić information content (AvgIpc) is 2.13. The van der Waals surface area contributed by atoms with Crippen molar-refractivity contribution < 1.29 is 4.48 Å². The highest BCUT2D eigenvalue weighted by Gasteiger charge is 2.10. The van der Waals surface area contributed by atoms with Gasteiger partial charge in [-0.1, -0.05) is 25.8 Å². The Balaban J connectivity index is 3.77. The van der Waals surface area contributed by atoms with Crippen molar-refractivity contribution in [2.75, 3.05) is 47.3 Å². The molecule has 90 valence electrons. The Morgan fingerprint density at radius 2 is 1.80 bits per heavy atom. The Morgan fingerprint density at radius 1 is 1.13 bits per heavy atom. The van der Waals surface area contributed by atoms with E-state index in [1.54, 1.807) is 0 Å². The van der Waals surface area contributed by atoms with Gasteiger partial charge in [-0.25, -0.2) is 0 Å². The van der Waals surface area contributed by atoms with Crippen LogP contribution < -0.4 is 0 Å². The molecule has 0 fully saturated rings. The van der Waals surface area contributed by atoms with Crippen LogP contribution in [0.5, 0.6) is 0 Å². The summed E-state index contributed by atoms with van der Waals surface area (Å²) in [4.78, 5) is 2.51. The quantitative estimate of drug-likeness (QED) is 0.323. The molecule has 0 aliphatic carbocycles. The second kappa shape index (κ2) is 7.89. The van der Waals surface area contributed by atoms with Gasteiger partial charge in [0.1, 0.15) is 0 Å². The van der Waals surface area contributed by atoms with Crippen LogP contribution in [0.3, 0.4) is 0 Å². The minimum absolute atomic E-state index is 1.03. The largest absolute Gasteiger partial charge is 0.330 e. The summed E-state index contributed by atoms with van der Waals surface area (Å²) in [5, 5.41) is 0. The van der Waals surface area contributed by atoms with E-state index in [-0.39, 0.29) is 0 Å². The predicted octanol–water partition coefficient (Wildman–Crippen LogP) is 2.37. The Hall–Kier alpha value is -0.340. The van der Waals surface area contributed by atoms with Crippen molar-refractivity contribution in [1.82, 2.24) is 4.90 Å². The fourth-order valence-corrected chi connectivity index (χ4v) is 1.50. The van der Waals surface area contributed by atoms with Crippen LogP contribution in [0.4, 0.5) is 0 Å². The third kappa shape index (κ3) is 9.95. The molecule has 2 heteroatoms. The van der Waals surface area contributed by atoms with Gasteiger partial charge in [-0.15, -0.1) is 6.58 Å². The second-order valence-corrected chi connectivity index (χ2v) is 5.31. The standard InChI is InChI=1S/C13H29N2/c1-6-8-9-11-14(10-7-2)12-13-15(3,4)5/h7H,2,6,8-13H2,1,3-5H3/q+1. The molecule has 0 radical (unpaired) electrons. The normalized spacial score (nSPS) is 12.1. The van der Waals surface area contributed by atoms with Gasteiger partial charge in [0.15, 0.2) is 0 Å². The molecule has 0 aliphatic heterocycles. The zero-order valence-electron chi connectivity index (χ0n) is 11.1. The van der Waals surface area contributed by atoms with E-state index in [1.165, 1.54) is 38.9 Å². The zero-order chi connectivity index (χ0) is 11.7. The van der Waals surface area contributed by atoms with Crippen molar-refractivity contribution in [3.8, 4) is 0 Å². The minimum Gasteiger partial charge on any atom is -0.330 e. The zero-order valence-corrected chi connectivity index (χ0v) is 11.1. The lowest BCUT2D eigenvalue weighted by atomic mass is 10.2. The number of quaternary nitrogens is 1. The van der Waals surface area contributed by atoms with Gasteiger partial charge in [-0.2, -0.15) is 0 Å². The molecule has 2 nitrogen and oxygen atoms in total. The van der Waals surface area contributed by atoms with Crippen LogP contribution in [-0.4, -0.2) is 56.7 Å². The van der Waals surface area contributed by atoms with E-state index in [2.05, 4.69) is 39.5 Å². The van der Waals surface area contributed by atoms with Crippen molar-refractivity contribution in [2.45, 2.75) is 26.2 Å². The highest BCUT2D eigenvalue weighted by molar-refractivity contribution is 4.73. The second-order valence-electron chi connectivity index (χ2n) is 5.31. The van der Waals surface area contributed by atoms with Gasteiger partial charge in [0.05, 0.1) is 27.7 Å². The van der Waals surface area contributed by atoms with Crippen molar-refractivity contribution in [3.05, 3.63) is 12.7 Å². The molecule has 0 bridgehead atoms. The van der Waals surface area contributed by atoms with Crippen LogP contribution in [0, 0.1) is 0 Å². The van der Waals surface area contributed by atoms with Gasteiger partial charge in [-0.3, -0.25) is 4.90 Å². The van der Waals surface area contributed by atoms with E-state index >= 15 is 0 Å². The highest BCUT2D eigenvalue weighted by Crippen LogP contribution is 2.00. The van der Waals surface area contributed by atoms with Gasteiger partial charge in [0, 0.05) is 13.1 Å². The molecule has 0 amide bonds. The molecule has 0 aromatic rings. The molecular formula is C13H29N2+. The third-order valence-corrected chi connectivity index (χ3v) is 2.55. The first kappa shape index (κ1) is 14.7. The van der Waals surface area contributed by atoms with Crippen molar-refractivity contribution >= 4 is 0 Å². The maximum atomic E-state index is 3.83. The van der Waals surface area contributed by atoms with E-state index in [0.717, 1.165) is 11.0 Å². The maximum Gasteiger partial charge on any atom is 0.0909 e. The van der Waals surface area contributed by atoms with Crippen LogP contribution in [0.2, 0.25) is 0 Å². The molecule has 15 heavy (non-hydrogen) atoms. The molecule has 0 aromatic heterocycles. The number of unbranched alkanes of at least 4 members (excludes halogenated alkanes) is 2. The molecule has 0 unspecified atom stereocenters. The van der Waals surface area contributed by atoms with Crippen molar-refractivity contribution in [2.24, 2.45) is 0 Å². The molecule has 0 spiro atoms. The predicted molar refractivity (Wildman–Crippen MR) is 69.1 cm³/mol. The molecular weight excluding hydrogens is 184 g/mol. The first-order valence-corrected chi connectivity index (χ1v) is 6.13. The summed E-state index contributed by atoms with van der Waals surface area (Å²) in [6.07, 6.45) is 5.98. The SMILES string of the molecule is C=CCN(CCCCC)CC[N+](C)(C)C. The van der Waals surface area contributed by atoms with Gasteiger partial charge >= 0.3 is 0 Å². The Morgan fingerprint density at radius 3 is 2.27 bits per heavy atom. The molecule has 0 atom stereocenters. The summed E-state index contributed by atoms with van der Waals surface area (Å²) >= 11 is 0. The van der Waals surface area contributed by atoms with Crippen molar-refractivity contribution in [3.63, 3.8) is 0 Å². The van der Waals surface area contributed by atoms with Crippen LogP contribution in [0.15, 0.2) is 12.7 Å². The van der Waals surface area contributed by atoms with E-state index in [1.807, 2.05) is 6.08 Å². The van der Waals surface area contributed by atoms with Crippen LogP contribution in [0.25, 0.3) is 0 Å². The topological polar surface area (TPSA) is 3.24 Å². The number of hydrogen-bond acceptors (Lipinski definition) is 1.